The third-order valence-corrected chi connectivity index (χ3v) is 6.85. The Morgan fingerprint density at radius 1 is 1.11 bits per heavy atom. The highest BCUT2D eigenvalue weighted by Crippen LogP contribution is 2.45. The predicted molar refractivity (Wildman–Crippen MR) is 103 cm³/mol. The van der Waals surface area contributed by atoms with Crippen LogP contribution < -0.4 is 25.4 Å². The molecule has 0 saturated carbocycles. The van der Waals surface area contributed by atoms with E-state index >= 15 is 0 Å². The van der Waals surface area contributed by atoms with Gasteiger partial charge in [-0.1, -0.05) is 0 Å². The molecule has 27 heavy (non-hydrogen) atoms. The third-order valence-electron chi connectivity index (χ3n) is 4.88. The summed E-state index contributed by atoms with van der Waals surface area (Å²) in [6, 6.07) is 4.10. The number of fused-ring (bicyclic) bond motifs is 3. The Hall–Kier alpha value is -2.01. The van der Waals surface area contributed by atoms with Gasteiger partial charge >= 0.3 is 0 Å². The van der Waals surface area contributed by atoms with Gasteiger partial charge in [0.15, 0.2) is 29.2 Å². The number of nitrogens with one attached hydrogen (secondary N) is 3. The first-order valence-corrected chi connectivity index (χ1v) is 10.6. The van der Waals surface area contributed by atoms with Crippen molar-refractivity contribution in [3.8, 4) is 10.8 Å². The fourth-order valence-corrected chi connectivity index (χ4v) is 5.34. The molecule has 4 unspecified atom stereocenters. The number of hydrogen-bond acceptors (Lipinski definition) is 10. The molecule has 4 atom stereocenters. The number of aliphatic imine (C=N–C) groups is 1. The second-order valence-corrected chi connectivity index (χ2v) is 8.62. The number of anilines is 2. The number of morpholine rings is 1. The normalized spacial score (nSPS) is 31.0. The molecule has 0 amide bonds. The Morgan fingerprint density at radius 3 is 3.04 bits per heavy atom. The lowest BCUT2D eigenvalue weighted by atomic mass is 10.2. The maximum atomic E-state index is 6.18. The van der Waals surface area contributed by atoms with Gasteiger partial charge in [0.05, 0.1) is 30.3 Å². The molecule has 3 N–H and O–H groups in total. The highest BCUT2D eigenvalue weighted by atomic mass is 32.1. The van der Waals surface area contributed by atoms with Crippen LogP contribution in [0, 0.1) is 0 Å². The zero-order valence-corrected chi connectivity index (χ0v) is 15.9. The van der Waals surface area contributed by atoms with Crippen molar-refractivity contribution in [1.29, 1.82) is 0 Å². The molecule has 8 nitrogen and oxygen atoms in total. The van der Waals surface area contributed by atoms with E-state index in [1.807, 2.05) is 11.4 Å². The van der Waals surface area contributed by atoms with Crippen LogP contribution in [0.4, 0.5) is 10.7 Å². The molecule has 1 fully saturated rings. The summed E-state index contributed by atoms with van der Waals surface area (Å²) in [6.07, 6.45) is -0.765. The van der Waals surface area contributed by atoms with Crippen LogP contribution in [0.5, 0.6) is 10.8 Å². The van der Waals surface area contributed by atoms with Crippen LogP contribution >= 0.6 is 22.7 Å². The summed E-state index contributed by atoms with van der Waals surface area (Å²) in [6.45, 7) is 2.77. The Balaban J connectivity index is 1.19. The highest BCUT2D eigenvalue weighted by Gasteiger charge is 2.39. The van der Waals surface area contributed by atoms with Gasteiger partial charge in [-0.3, -0.25) is 5.32 Å². The summed E-state index contributed by atoms with van der Waals surface area (Å²) in [5.74, 6) is 1.41. The Bertz CT molecular complexity index is 897. The molecule has 1 saturated heterocycles. The minimum Gasteiger partial charge on any atom is -0.476 e. The lowest BCUT2D eigenvalue weighted by Gasteiger charge is -2.26. The summed E-state index contributed by atoms with van der Waals surface area (Å²) in [7, 11) is 0. The summed E-state index contributed by atoms with van der Waals surface area (Å²) in [5, 5.41) is 14.1. The molecule has 10 heteroatoms. The van der Waals surface area contributed by atoms with Crippen LogP contribution in [0.25, 0.3) is 0 Å². The Morgan fingerprint density at radius 2 is 2.07 bits per heavy atom. The first kappa shape index (κ1) is 16.0. The predicted octanol–water partition coefficient (Wildman–Crippen LogP) is 2.23. The minimum absolute atomic E-state index is 0.0175. The molecule has 4 aliphatic heterocycles. The highest BCUT2D eigenvalue weighted by molar-refractivity contribution is 7.16. The van der Waals surface area contributed by atoms with E-state index in [0.29, 0.717) is 19.0 Å². The van der Waals surface area contributed by atoms with E-state index in [1.54, 1.807) is 22.7 Å². The first-order chi connectivity index (χ1) is 13.3. The van der Waals surface area contributed by atoms with E-state index in [2.05, 4.69) is 27.0 Å². The number of ether oxygens (including phenoxy) is 4. The second-order valence-electron chi connectivity index (χ2n) is 6.66. The molecule has 6 heterocycles. The maximum Gasteiger partial charge on any atom is 0.232 e. The molecule has 2 aromatic heterocycles. The van der Waals surface area contributed by atoms with Crippen molar-refractivity contribution in [3.63, 3.8) is 0 Å². The quantitative estimate of drug-likeness (QED) is 0.705. The maximum absolute atomic E-state index is 6.18. The first-order valence-electron chi connectivity index (χ1n) is 8.95. The van der Waals surface area contributed by atoms with Gasteiger partial charge in [0.1, 0.15) is 5.00 Å². The van der Waals surface area contributed by atoms with Crippen LogP contribution in [0.1, 0.15) is 11.0 Å². The molecule has 2 aromatic rings. The lowest BCUT2D eigenvalue weighted by Crippen LogP contribution is -2.47. The fourth-order valence-electron chi connectivity index (χ4n) is 3.55. The summed E-state index contributed by atoms with van der Waals surface area (Å²) < 4.78 is 23.8. The third kappa shape index (κ3) is 2.75. The molecule has 0 radical (unpaired) electrons. The summed E-state index contributed by atoms with van der Waals surface area (Å²) >= 11 is 3.28. The van der Waals surface area contributed by atoms with Crippen LogP contribution in [0.3, 0.4) is 0 Å². The van der Waals surface area contributed by atoms with Crippen LogP contribution in [0.2, 0.25) is 0 Å². The van der Waals surface area contributed by atoms with Gasteiger partial charge in [-0.25, -0.2) is 4.99 Å². The number of hydrogen-bond donors (Lipinski definition) is 3. The zero-order chi connectivity index (χ0) is 17.8. The van der Waals surface area contributed by atoms with Crippen LogP contribution in [-0.4, -0.2) is 50.7 Å². The standard InChI is InChI=1S/C17H18N4O4S2/c1-4-26-17-8(1)19-6-10(24-17)12-5-9-16(27-12)20-7-11(23-9)13-21-15-14(25-13)18-2-3-22-15/h1,4-5,10-11,14-15,18-20H,2-3,6-7H2. The van der Waals surface area contributed by atoms with Crippen molar-refractivity contribution in [2.24, 2.45) is 4.99 Å². The average molecular weight is 406 g/mol. The van der Waals surface area contributed by atoms with Gasteiger partial charge in [-0.05, 0) is 11.4 Å². The van der Waals surface area contributed by atoms with Crippen molar-refractivity contribution in [3.05, 3.63) is 22.4 Å². The topological polar surface area (TPSA) is 85.4 Å². The summed E-state index contributed by atoms with van der Waals surface area (Å²) in [4.78, 5) is 5.67. The van der Waals surface area contributed by atoms with E-state index in [1.165, 1.54) is 0 Å². The van der Waals surface area contributed by atoms with Gasteiger partial charge in [0.2, 0.25) is 12.1 Å². The summed E-state index contributed by atoms with van der Waals surface area (Å²) in [5.41, 5.74) is 1.07. The zero-order valence-electron chi connectivity index (χ0n) is 14.3. The van der Waals surface area contributed by atoms with Crippen LogP contribution in [-0.2, 0) is 9.47 Å². The number of thiophene rings is 2. The molecule has 0 bridgehead atoms. The van der Waals surface area contributed by atoms with Crippen molar-refractivity contribution in [1.82, 2.24) is 5.32 Å². The molecule has 0 aliphatic carbocycles. The van der Waals surface area contributed by atoms with Crippen LogP contribution in [0.15, 0.2) is 22.5 Å². The monoisotopic (exact) mass is 406 g/mol. The smallest absolute Gasteiger partial charge is 0.232 e. The SMILES string of the molecule is c1cc2c(s1)OC(c1cc3c(s1)NCC(C1=NC4OCCNC4O1)O3)CN2. The van der Waals surface area contributed by atoms with Gasteiger partial charge in [0.25, 0.3) is 0 Å². The van der Waals surface area contributed by atoms with E-state index in [0.717, 1.165) is 39.5 Å². The fraction of sp³-hybridized carbons (Fsp3) is 0.471. The Labute approximate surface area is 163 Å². The minimum atomic E-state index is -0.279. The largest absolute Gasteiger partial charge is 0.476 e. The second kappa shape index (κ2) is 6.26. The van der Waals surface area contributed by atoms with E-state index in [4.69, 9.17) is 18.9 Å². The van der Waals surface area contributed by atoms with Crippen molar-refractivity contribution >= 4 is 39.3 Å². The van der Waals surface area contributed by atoms with E-state index in [-0.39, 0.29) is 24.7 Å². The van der Waals surface area contributed by atoms with Crippen molar-refractivity contribution in [2.45, 2.75) is 24.7 Å². The van der Waals surface area contributed by atoms with E-state index in [9.17, 15) is 0 Å². The molecule has 6 rings (SSSR count). The van der Waals surface area contributed by atoms with Crippen molar-refractivity contribution in [2.75, 3.05) is 36.9 Å². The number of rotatable bonds is 2. The van der Waals surface area contributed by atoms with Gasteiger partial charge in [-0.15, -0.1) is 22.7 Å². The number of nitrogens with zero attached hydrogens (tertiary/aromatic N) is 1. The Kier molecular flexibility index (Phi) is 3.71. The van der Waals surface area contributed by atoms with Gasteiger partial charge in [-0.2, -0.15) is 0 Å². The molecule has 4 aliphatic rings. The molecular weight excluding hydrogens is 388 g/mol. The molecular formula is C17H18N4O4S2. The molecule has 0 aromatic carbocycles. The van der Waals surface area contributed by atoms with E-state index < -0.39 is 0 Å². The van der Waals surface area contributed by atoms with Gasteiger partial charge in [0, 0.05) is 12.6 Å². The average Bonchev–Trinajstić information content (AvgIpc) is 3.42. The molecule has 142 valence electrons. The van der Waals surface area contributed by atoms with Gasteiger partial charge < -0.3 is 29.6 Å². The lowest BCUT2D eigenvalue weighted by molar-refractivity contribution is -0.0525. The van der Waals surface area contributed by atoms with Crippen molar-refractivity contribution < 1.29 is 18.9 Å². The molecule has 0 spiro atoms.